The summed E-state index contributed by atoms with van der Waals surface area (Å²) in [7, 11) is -1.60. The highest BCUT2D eigenvalue weighted by Crippen LogP contribution is 2.13. The molecule has 0 unspecified atom stereocenters. The highest BCUT2D eigenvalue weighted by molar-refractivity contribution is 6.32. The van der Waals surface area contributed by atoms with Gasteiger partial charge in [-0.2, -0.15) is 0 Å². The molecule has 0 heterocycles. The molecule has 0 bridgehead atoms. The Morgan fingerprint density at radius 2 is 0.905 bits per heavy atom. The van der Waals surface area contributed by atoms with Gasteiger partial charge in [-0.3, -0.25) is 0 Å². The van der Waals surface area contributed by atoms with Crippen LogP contribution in [0.5, 0.6) is 0 Å². The van der Waals surface area contributed by atoms with Crippen LogP contribution < -0.4 is 0 Å². The molecular weight excluding hydrogens is 263 g/mol. The number of rotatable bonds is 17. The van der Waals surface area contributed by atoms with Gasteiger partial charge in [-0.25, -0.2) is 0 Å². The highest BCUT2D eigenvalue weighted by Gasteiger charge is 2.06. The average molecular weight is 300 g/mol. The van der Waals surface area contributed by atoms with Gasteiger partial charge in [-0.05, 0) is 6.42 Å². The molecule has 0 atom stereocenters. The first-order valence-corrected chi connectivity index (χ1v) is 9.25. The lowest BCUT2D eigenvalue weighted by Crippen LogP contribution is -2.17. The molecule has 0 aromatic rings. The Hall–Kier alpha value is -0.0551. The lowest BCUT2D eigenvalue weighted by molar-refractivity contribution is 0.182. The monoisotopic (exact) mass is 300 g/mol. The Morgan fingerprint density at radius 1 is 0.571 bits per heavy atom. The maximum absolute atomic E-state index is 8.50. The molecular formula is C17H37BO3. The fourth-order valence-corrected chi connectivity index (χ4v) is 2.66. The van der Waals surface area contributed by atoms with Crippen LogP contribution in [0.3, 0.4) is 0 Å². The van der Waals surface area contributed by atoms with Gasteiger partial charge in [0.15, 0.2) is 0 Å². The second kappa shape index (κ2) is 18.0. The third-order valence-corrected chi connectivity index (χ3v) is 4.01. The number of hydrogen-bond donors (Lipinski definition) is 2. The Morgan fingerprint density at radius 3 is 1.24 bits per heavy atom. The molecule has 2 N–H and O–H groups in total. The van der Waals surface area contributed by atoms with Crippen LogP contribution in [0, 0.1) is 0 Å². The smallest absolute Gasteiger partial charge is 0.402 e. The van der Waals surface area contributed by atoms with Crippen LogP contribution in [-0.2, 0) is 4.65 Å². The average Bonchev–Trinajstić information content (AvgIpc) is 2.46. The van der Waals surface area contributed by atoms with Crippen LogP contribution in [0.15, 0.2) is 0 Å². The van der Waals surface area contributed by atoms with Gasteiger partial charge in [-0.1, -0.05) is 96.8 Å². The summed E-state index contributed by atoms with van der Waals surface area (Å²) in [6, 6.07) is 0. The molecule has 0 rings (SSSR count). The van der Waals surface area contributed by atoms with Crippen LogP contribution in [0.1, 0.15) is 103 Å². The largest absolute Gasteiger partial charge is 0.633 e. The summed E-state index contributed by atoms with van der Waals surface area (Å²) >= 11 is 0. The Kier molecular flexibility index (Phi) is 17.9. The molecule has 21 heavy (non-hydrogen) atoms. The van der Waals surface area contributed by atoms with Crippen molar-refractivity contribution in [3.8, 4) is 0 Å². The second-order valence-electron chi connectivity index (χ2n) is 6.15. The van der Waals surface area contributed by atoms with E-state index in [4.69, 9.17) is 10.0 Å². The maximum atomic E-state index is 8.50. The Labute approximate surface area is 132 Å². The predicted molar refractivity (Wildman–Crippen MR) is 91.1 cm³/mol. The van der Waals surface area contributed by atoms with Gasteiger partial charge in [0.1, 0.15) is 0 Å². The zero-order valence-electron chi connectivity index (χ0n) is 14.2. The van der Waals surface area contributed by atoms with Crippen LogP contribution in [-0.4, -0.2) is 24.0 Å². The van der Waals surface area contributed by atoms with Crippen molar-refractivity contribution < 1.29 is 14.7 Å². The molecule has 0 fully saturated rings. The fraction of sp³-hybridized carbons (Fsp3) is 1.00. The molecule has 0 spiro atoms. The third kappa shape index (κ3) is 19.9. The molecule has 0 aromatic carbocycles. The molecule has 126 valence electrons. The minimum absolute atomic E-state index is 0.454. The zero-order chi connectivity index (χ0) is 15.6. The van der Waals surface area contributed by atoms with Crippen molar-refractivity contribution in [1.29, 1.82) is 0 Å². The third-order valence-electron chi connectivity index (χ3n) is 4.01. The van der Waals surface area contributed by atoms with Crippen molar-refractivity contribution in [3.63, 3.8) is 0 Å². The topological polar surface area (TPSA) is 49.7 Å². The van der Waals surface area contributed by atoms with Gasteiger partial charge in [0.05, 0.1) is 0 Å². The molecule has 0 aliphatic heterocycles. The summed E-state index contributed by atoms with van der Waals surface area (Å²) in [4.78, 5) is 0. The van der Waals surface area contributed by atoms with Gasteiger partial charge in [-0.15, -0.1) is 0 Å². The number of hydrogen-bond acceptors (Lipinski definition) is 3. The highest BCUT2D eigenvalue weighted by atomic mass is 16.6. The summed E-state index contributed by atoms with van der Waals surface area (Å²) in [6.45, 7) is 2.73. The zero-order valence-corrected chi connectivity index (χ0v) is 14.2. The van der Waals surface area contributed by atoms with Crippen molar-refractivity contribution in [2.45, 2.75) is 103 Å². The van der Waals surface area contributed by atoms with E-state index in [1.165, 1.54) is 83.5 Å². The molecule has 0 aromatic heterocycles. The summed E-state index contributed by atoms with van der Waals surface area (Å²) in [5.74, 6) is 0. The van der Waals surface area contributed by atoms with E-state index in [9.17, 15) is 0 Å². The van der Waals surface area contributed by atoms with Crippen LogP contribution in [0.2, 0.25) is 0 Å². The molecule has 0 saturated carbocycles. The van der Waals surface area contributed by atoms with Crippen molar-refractivity contribution in [1.82, 2.24) is 0 Å². The molecule has 3 nitrogen and oxygen atoms in total. The lowest BCUT2D eigenvalue weighted by Gasteiger charge is -2.04. The van der Waals surface area contributed by atoms with E-state index in [1.807, 2.05) is 0 Å². The van der Waals surface area contributed by atoms with E-state index in [-0.39, 0.29) is 0 Å². The summed E-state index contributed by atoms with van der Waals surface area (Å²) in [5.41, 5.74) is 0. The first kappa shape index (κ1) is 20.9. The molecule has 0 aliphatic rings. The minimum atomic E-state index is -1.60. The standard InChI is InChI=1S/C17H37BO3/c1-2-3-4-5-6-7-8-9-10-11-12-13-14-15-16-17-21-18(19)20/h19-20H,2-17H2,1H3. The first-order valence-electron chi connectivity index (χ1n) is 9.25. The van der Waals surface area contributed by atoms with Gasteiger partial charge >= 0.3 is 7.32 Å². The lowest BCUT2D eigenvalue weighted by atomic mass is 10.0. The molecule has 0 radical (unpaired) electrons. The van der Waals surface area contributed by atoms with Crippen LogP contribution in [0.25, 0.3) is 0 Å². The predicted octanol–water partition coefficient (Wildman–Crippen LogP) is 4.84. The minimum Gasteiger partial charge on any atom is -0.402 e. The van der Waals surface area contributed by atoms with Gasteiger partial charge in [0, 0.05) is 6.61 Å². The van der Waals surface area contributed by atoms with E-state index in [1.54, 1.807) is 0 Å². The fourth-order valence-electron chi connectivity index (χ4n) is 2.66. The maximum Gasteiger partial charge on any atom is 0.633 e. The molecule has 0 amide bonds. The van der Waals surface area contributed by atoms with Crippen LogP contribution in [0.4, 0.5) is 0 Å². The van der Waals surface area contributed by atoms with Gasteiger partial charge in [0.2, 0.25) is 0 Å². The van der Waals surface area contributed by atoms with Crippen molar-refractivity contribution in [2.24, 2.45) is 0 Å². The summed E-state index contributed by atoms with van der Waals surface area (Å²) < 4.78 is 4.67. The quantitative estimate of drug-likeness (QED) is 0.298. The molecule has 0 saturated heterocycles. The molecule has 0 aliphatic carbocycles. The number of unbranched alkanes of at least 4 members (excludes halogenated alkanes) is 14. The van der Waals surface area contributed by atoms with Gasteiger partial charge < -0.3 is 14.7 Å². The first-order chi connectivity index (χ1) is 10.3. The van der Waals surface area contributed by atoms with E-state index in [0.717, 1.165) is 12.8 Å². The Balaban J connectivity index is 2.93. The Bertz CT molecular complexity index is 189. The summed E-state index contributed by atoms with van der Waals surface area (Å²) in [5, 5.41) is 17.0. The SMILES string of the molecule is CCCCCCCCCCCCCCCCCOB(O)O. The van der Waals surface area contributed by atoms with Crippen molar-refractivity contribution >= 4 is 7.32 Å². The normalized spacial score (nSPS) is 11.0. The second-order valence-corrected chi connectivity index (χ2v) is 6.15. The van der Waals surface area contributed by atoms with Gasteiger partial charge in [0.25, 0.3) is 0 Å². The van der Waals surface area contributed by atoms with E-state index in [0.29, 0.717) is 6.61 Å². The molecule has 4 heteroatoms. The van der Waals surface area contributed by atoms with Crippen molar-refractivity contribution in [2.75, 3.05) is 6.61 Å². The van der Waals surface area contributed by atoms with E-state index < -0.39 is 7.32 Å². The summed E-state index contributed by atoms with van der Waals surface area (Å²) in [6.07, 6.45) is 20.0. The van der Waals surface area contributed by atoms with E-state index in [2.05, 4.69) is 11.6 Å². The van der Waals surface area contributed by atoms with Crippen LogP contribution >= 0.6 is 0 Å². The van der Waals surface area contributed by atoms with Crippen molar-refractivity contribution in [3.05, 3.63) is 0 Å². The van der Waals surface area contributed by atoms with E-state index >= 15 is 0 Å².